The van der Waals surface area contributed by atoms with E-state index in [0.717, 1.165) is 18.4 Å². The Morgan fingerprint density at radius 3 is 2.94 bits per heavy atom. The van der Waals surface area contributed by atoms with Crippen molar-refractivity contribution in [2.75, 3.05) is 7.11 Å². The molecular formula is C15H24N2O. The van der Waals surface area contributed by atoms with Gasteiger partial charge in [-0.25, -0.2) is 4.98 Å². The molecule has 1 saturated carbocycles. The van der Waals surface area contributed by atoms with Crippen LogP contribution in [0.25, 0.3) is 0 Å². The zero-order valence-corrected chi connectivity index (χ0v) is 11.6. The van der Waals surface area contributed by atoms with Gasteiger partial charge in [0.1, 0.15) is 0 Å². The minimum Gasteiger partial charge on any atom is -0.481 e. The summed E-state index contributed by atoms with van der Waals surface area (Å²) < 4.78 is 5.14. The monoisotopic (exact) mass is 248 g/mol. The molecule has 2 rings (SSSR count). The van der Waals surface area contributed by atoms with Crippen LogP contribution >= 0.6 is 0 Å². The van der Waals surface area contributed by atoms with Crippen molar-refractivity contribution in [3.63, 3.8) is 0 Å². The highest BCUT2D eigenvalue weighted by atomic mass is 16.5. The summed E-state index contributed by atoms with van der Waals surface area (Å²) in [6.45, 7) is 5.63. The van der Waals surface area contributed by atoms with Crippen LogP contribution in [-0.4, -0.2) is 18.1 Å². The lowest BCUT2D eigenvalue weighted by molar-refractivity contribution is 0.227. The Labute approximate surface area is 110 Å². The molecule has 1 aromatic rings. The molecule has 18 heavy (non-hydrogen) atoms. The van der Waals surface area contributed by atoms with Crippen LogP contribution in [0.2, 0.25) is 0 Å². The van der Waals surface area contributed by atoms with Crippen molar-refractivity contribution in [3.05, 3.63) is 23.9 Å². The minimum atomic E-state index is 0.653. The maximum absolute atomic E-state index is 5.14. The Bertz CT molecular complexity index is 381. The van der Waals surface area contributed by atoms with E-state index in [1.165, 1.54) is 24.8 Å². The average molecular weight is 248 g/mol. The second-order valence-electron chi connectivity index (χ2n) is 5.59. The predicted molar refractivity (Wildman–Crippen MR) is 73.6 cm³/mol. The molecule has 0 saturated heterocycles. The molecule has 1 aliphatic rings. The molecular weight excluding hydrogens is 224 g/mol. The molecule has 1 aromatic heterocycles. The van der Waals surface area contributed by atoms with Crippen LogP contribution in [0, 0.1) is 11.8 Å². The van der Waals surface area contributed by atoms with Gasteiger partial charge in [0.15, 0.2) is 0 Å². The van der Waals surface area contributed by atoms with Crippen LogP contribution in [0.3, 0.4) is 0 Å². The van der Waals surface area contributed by atoms with Gasteiger partial charge in [0.05, 0.1) is 7.11 Å². The Kier molecular flexibility index (Phi) is 4.59. The first-order chi connectivity index (χ1) is 8.69. The van der Waals surface area contributed by atoms with Crippen molar-refractivity contribution in [2.24, 2.45) is 11.8 Å². The van der Waals surface area contributed by atoms with Gasteiger partial charge in [0.25, 0.3) is 0 Å². The molecule has 3 heteroatoms. The molecule has 3 atom stereocenters. The number of nitrogens with one attached hydrogen (secondary N) is 1. The maximum atomic E-state index is 5.14. The normalized spacial score (nSPS) is 28.1. The molecule has 1 N–H and O–H groups in total. The molecule has 0 amide bonds. The number of rotatable bonds is 4. The van der Waals surface area contributed by atoms with Gasteiger partial charge >= 0.3 is 0 Å². The molecule has 0 aromatic carbocycles. The quantitative estimate of drug-likeness (QED) is 0.889. The summed E-state index contributed by atoms with van der Waals surface area (Å²) in [7, 11) is 1.66. The number of nitrogens with zero attached hydrogens (tertiary/aromatic N) is 1. The van der Waals surface area contributed by atoms with Gasteiger partial charge < -0.3 is 10.1 Å². The maximum Gasteiger partial charge on any atom is 0.213 e. The molecule has 0 radical (unpaired) electrons. The first-order valence-electron chi connectivity index (χ1n) is 6.91. The van der Waals surface area contributed by atoms with Crippen LogP contribution < -0.4 is 10.1 Å². The van der Waals surface area contributed by atoms with E-state index in [1.54, 1.807) is 7.11 Å². The largest absolute Gasteiger partial charge is 0.481 e. The number of hydrogen-bond acceptors (Lipinski definition) is 3. The highest BCUT2D eigenvalue weighted by molar-refractivity contribution is 5.20. The van der Waals surface area contributed by atoms with Gasteiger partial charge in [-0.2, -0.15) is 0 Å². The average Bonchev–Trinajstić information content (AvgIpc) is 2.38. The minimum absolute atomic E-state index is 0.653. The molecule has 0 spiro atoms. The van der Waals surface area contributed by atoms with Crippen molar-refractivity contribution in [3.8, 4) is 5.88 Å². The van der Waals surface area contributed by atoms with E-state index in [0.29, 0.717) is 11.9 Å². The summed E-state index contributed by atoms with van der Waals surface area (Å²) in [4.78, 5) is 4.13. The van der Waals surface area contributed by atoms with Crippen molar-refractivity contribution < 1.29 is 4.74 Å². The Morgan fingerprint density at radius 2 is 2.22 bits per heavy atom. The smallest absolute Gasteiger partial charge is 0.213 e. The molecule has 0 bridgehead atoms. The lowest BCUT2D eigenvalue weighted by Crippen LogP contribution is -2.38. The molecule has 1 heterocycles. The van der Waals surface area contributed by atoms with Crippen molar-refractivity contribution in [1.29, 1.82) is 0 Å². The predicted octanol–water partition coefficient (Wildman–Crippen LogP) is 3.00. The second-order valence-corrected chi connectivity index (χ2v) is 5.59. The zero-order chi connectivity index (χ0) is 13.0. The summed E-state index contributed by atoms with van der Waals surface area (Å²) in [6.07, 6.45) is 5.80. The topological polar surface area (TPSA) is 34.1 Å². The number of methoxy groups -OCH3 is 1. The highest BCUT2D eigenvalue weighted by Crippen LogP contribution is 2.28. The van der Waals surface area contributed by atoms with Gasteiger partial charge in [-0.05, 0) is 42.7 Å². The van der Waals surface area contributed by atoms with E-state index < -0.39 is 0 Å². The van der Waals surface area contributed by atoms with Gasteiger partial charge in [-0.1, -0.05) is 13.8 Å². The lowest BCUT2D eigenvalue weighted by Gasteiger charge is -2.33. The van der Waals surface area contributed by atoms with Crippen LogP contribution in [-0.2, 0) is 6.54 Å². The zero-order valence-electron chi connectivity index (χ0n) is 11.6. The third kappa shape index (κ3) is 3.45. The molecule has 3 unspecified atom stereocenters. The van der Waals surface area contributed by atoms with Crippen LogP contribution in [0.4, 0.5) is 0 Å². The Balaban J connectivity index is 1.87. The van der Waals surface area contributed by atoms with Gasteiger partial charge in [0, 0.05) is 24.8 Å². The summed E-state index contributed by atoms with van der Waals surface area (Å²) in [5.41, 5.74) is 1.24. The third-order valence-electron chi connectivity index (χ3n) is 4.01. The second kappa shape index (κ2) is 6.19. The van der Waals surface area contributed by atoms with Crippen molar-refractivity contribution >= 4 is 0 Å². The van der Waals surface area contributed by atoms with Crippen LogP contribution in [0.15, 0.2) is 18.3 Å². The molecule has 1 fully saturated rings. The van der Waals surface area contributed by atoms with E-state index in [4.69, 9.17) is 4.74 Å². The number of aromatic nitrogens is 1. The molecule has 3 nitrogen and oxygen atoms in total. The lowest BCUT2D eigenvalue weighted by atomic mass is 9.80. The van der Waals surface area contributed by atoms with E-state index >= 15 is 0 Å². The number of hydrogen-bond donors (Lipinski definition) is 1. The standard InChI is InChI=1S/C15H24N2O/c1-11-4-5-14(12(2)8-11)17-10-13-6-7-16-15(9-13)18-3/h6-7,9,11-12,14,17H,4-5,8,10H2,1-3H3. The van der Waals surface area contributed by atoms with Crippen molar-refractivity contribution in [2.45, 2.75) is 45.7 Å². The van der Waals surface area contributed by atoms with E-state index in [2.05, 4.69) is 24.1 Å². The van der Waals surface area contributed by atoms with E-state index in [1.807, 2.05) is 18.3 Å². The Hall–Kier alpha value is -1.09. The summed E-state index contributed by atoms with van der Waals surface area (Å²) in [5, 5.41) is 3.68. The van der Waals surface area contributed by atoms with E-state index in [9.17, 15) is 0 Å². The molecule has 100 valence electrons. The fourth-order valence-corrected chi connectivity index (χ4v) is 2.89. The molecule has 0 aliphatic heterocycles. The van der Waals surface area contributed by atoms with Gasteiger partial charge in [-0.3, -0.25) is 0 Å². The summed E-state index contributed by atoms with van der Waals surface area (Å²) >= 11 is 0. The first-order valence-corrected chi connectivity index (χ1v) is 6.91. The fraction of sp³-hybridized carbons (Fsp3) is 0.667. The first kappa shape index (κ1) is 13.3. The summed E-state index contributed by atoms with van der Waals surface area (Å²) in [5.74, 6) is 2.36. The fourth-order valence-electron chi connectivity index (χ4n) is 2.89. The van der Waals surface area contributed by atoms with Crippen LogP contribution in [0.5, 0.6) is 5.88 Å². The van der Waals surface area contributed by atoms with Gasteiger partial charge in [0.2, 0.25) is 5.88 Å². The third-order valence-corrected chi connectivity index (χ3v) is 4.01. The van der Waals surface area contributed by atoms with Crippen LogP contribution in [0.1, 0.15) is 38.7 Å². The van der Waals surface area contributed by atoms with Crippen molar-refractivity contribution in [1.82, 2.24) is 10.3 Å². The molecule has 1 aliphatic carbocycles. The number of ether oxygens (including phenoxy) is 1. The summed E-state index contributed by atoms with van der Waals surface area (Å²) in [6, 6.07) is 4.70. The van der Waals surface area contributed by atoms with E-state index in [-0.39, 0.29) is 0 Å². The Morgan fingerprint density at radius 1 is 1.39 bits per heavy atom. The SMILES string of the molecule is COc1cc(CNC2CCC(C)CC2C)ccn1. The highest BCUT2D eigenvalue weighted by Gasteiger charge is 2.24. The number of pyridine rings is 1. The van der Waals surface area contributed by atoms with Gasteiger partial charge in [-0.15, -0.1) is 0 Å².